The molecule has 0 fully saturated rings. The summed E-state index contributed by atoms with van der Waals surface area (Å²) in [5.74, 6) is 0. The van der Waals surface area contributed by atoms with Crippen molar-refractivity contribution in [3.8, 4) is 11.1 Å². The number of rotatable bonds is 4. The fourth-order valence-electron chi connectivity index (χ4n) is 3.75. The molecule has 12 nitrogen and oxygen atoms in total. The van der Waals surface area contributed by atoms with Crippen LogP contribution in [-0.2, 0) is 0 Å². The van der Waals surface area contributed by atoms with E-state index >= 15 is 0 Å². The number of thioether (sulfide) groups is 2. The number of nitro groups is 4. The van der Waals surface area contributed by atoms with Crippen LogP contribution in [0.3, 0.4) is 0 Å². The van der Waals surface area contributed by atoms with Crippen molar-refractivity contribution in [1.82, 2.24) is 0 Å². The fourth-order valence-corrected chi connectivity index (χ4v) is 7.51. The van der Waals surface area contributed by atoms with Crippen molar-refractivity contribution in [3.63, 3.8) is 0 Å². The van der Waals surface area contributed by atoms with Gasteiger partial charge < -0.3 is 0 Å². The van der Waals surface area contributed by atoms with Crippen molar-refractivity contribution >= 4 is 63.2 Å². The highest BCUT2D eigenvalue weighted by molar-refractivity contribution is 8.25. The maximum Gasteiger partial charge on any atom is 0.284 e. The van der Waals surface area contributed by atoms with E-state index in [0.717, 1.165) is 34.1 Å². The normalized spacial score (nSPS) is 13.5. The van der Waals surface area contributed by atoms with E-state index in [-0.39, 0.29) is 27.8 Å². The van der Waals surface area contributed by atoms with E-state index in [9.17, 15) is 40.5 Å². The maximum atomic E-state index is 11.8. The lowest BCUT2D eigenvalue weighted by Crippen LogP contribution is -1.99. The summed E-state index contributed by atoms with van der Waals surface area (Å²) >= 11 is 4.06. The van der Waals surface area contributed by atoms with Crippen LogP contribution in [0.4, 0.5) is 22.7 Å². The van der Waals surface area contributed by atoms with Crippen LogP contribution in [0, 0.1) is 40.5 Å². The van der Waals surface area contributed by atoms with Crippen molar-refractivity contribution in [2.75, 3.05) is 0 Å². The minimum absolute atomic E-state index is 0.0540. The van der Waals surface area contributed by atoms with Crippen LogP contribution in [0.2, 0.25) is 0 Å². The first-order valence-corrected chi connectivity index (χ1v) is 11.4. The molecule has 1 aliphatic heterocycles. The zero-order valence-electron chi connectivity index (χ0n) is 15.7. The van der Waals surface area contributed by atoms with E-state index in [4.69, 9.17) is 0 Å². The summed E-state index contributed by atoms with van der Waals surface area (Å²) in [6.45, 7) is 0. The Morgan fingerprint density at radius 1 is 0.606 bits per heavy atom. The number of nitrogens with zero attached hydrogens (tertiary/aromatic N) is 4. The minimum Gasteiger partial charge on any atom is -0.258 e. The van der Waals surface area contributed by atoms with Crippen LogP contribution < -0.4 is 0 Å². The minimum atomic E-state index is -0.847. The first-order chi connectivity index (χ1) is 15.7. The van der Waals surface area contributed by atoms with Crippen molar-refractivity contribution in [3.05, 3.63) is 90.8 Å². The molecule has 0 bridgehead atoms. The highest BCUT2D eigenvalue weighted by atomic mass is 32.2. The Balaban J connectivity index is 1.94. The van der Waals surface area contributed by atoms with E-state index in [0.29, 0.717) is 4.24 Å². The lowest BCUT2D eigenvalue weighted by atomic mass is 10.0. The zero-order valence-corrected chi connectivity index (χ0v) is 18.2. The molecule has 0 atom stereocenters. The lowest BCUT2D eigenvalue weighted by Gasteiger charge is -2.07. The van der Waals surface area contributed by atoms with Gasteiger partial charge in [-0.2, -0.15) is 11.3 Å². The Kier molecular flexibility index (Phi) is 4.70. The van der Waals surface area contributed by atoms with Gasteiger partial charge >= 0.3 is 0 Å². The predicted octanol–water partition coefficient (Wildman–Crippen LogP) is 5.98. The second-order valence-corrected chi connectivity index (χ2v) is 9.88. The smallest absolute Gasteiger partial charge is 0.258 e. The topological polar surface area (TPSA) is 173 Å². The molecule has 0 unspecified atom stereocenters. The molecule has 0 radical (unpaired) electrons. The third-order valence-electron chi connectivity index (χ3n) is 5.01. The summed E-state index contributed by atoms with van der Waals surface area (Å²) in [5.41, 5.74) is -2.46. The third-order valence-corrected chi connectivity index (χ3v) is 8.58. The summed E-state index contributed by atoms with van der Waals surface area (Å²) in [4.78, 5) is 45.2. The van der Waals surface area contributed by atoms with E-state index in [1.165, 1.54) is 34.9 Å². The van der Waals surface area contributed by atoms with Crippen molar-refractivity contribution in [2.24, 2.45) is 0 Å². The molecule has 15 heteroatoms. The molecule has 0 saturated carbocycles. The van der Waals surface area contributed by atoms with Crippen LogP contribution in [0.15, 0.2) is 49.1 Å². The molecular weight excluding hydrogens is 496 g/mol. The van der Waals surface area contributed by atoms with Crippen molar-refractivity contribution in [2.45, 2.75) is 9.79 Å². The van der Waals surface area contributed by atoms with Gasteiger partial charge in [0.25, 0.3) is 22.7 Å². The third kappa shape index (κ3) is 3.16. The number of nitro benzene ring substituents is 4. The molecule has 0 spiro atoms. The molecule has 5 rings (SSSR count). The van der Waals surface area contributed by atoms with Crippen LogP contribution in [0.25, 0.3) is 16.7 Å². The SMILES string of the molecule is O=[N+]([O-])c1cc2c(c([N+](=O)[O-])c1)-c1c(cc([N+](=O)[O-])cc1[N+](=O)[O-])C2=C1Sc2cscc2S1. The van der Waals surface area contributed by atoms with E-state index < -0.39 is 42.4 Å². The average molecular weight is 502 g/mol. The molecule has 164 valence electrons. The molecule has 3 aromatic rings. The molecule has 1 aromatic heterocycles. The average Bonchev–Trinajstić information content (AvgIpc) is 3.42. The Morgan fingerprint density at radius 3 is 1.39 bits per heavy atom. The summed E-state index contributed by atoms with van der Waals surface area (Å²) in [6, 6.07) is 3.72. The summed E-state index contributed by atoms with van der Waals surface area (Å²) < 4.78 is 0.567. The van der Waals surface area contributed by atoms with Gasteiger partial charge in [-0.15, -0.1) is 0 Å². The van der Waals surface area contributed by atoms with Crippen LogP contribution in [0.1, 0.15) is 11.1 Å². The monoisotopic (exact) mass is 502 g/mol. The Bertz CT molecular complexity index is 1390. The maximum absolute atomic E-state index is 11.8. The zero-order chi connectivity index (χ0) is 23.6. The number of thiophene rings is 1. The van der Waals surface area contributed by atoms with Gasteiger partial charge in [0.2, 0.25) is 0 Å². The fraction of sp³-hybridized carbons (Fsp3) is 0. The van der Waals surface area contributed by atoms with Gasteiger partial charge in [0.15, 0.2) is 0 Å². The predicted molar refractivity (Wildman–Crippen MR) is 121 cm³/mol. The van der Waals surface area contributed by atoms with Crippen LogP contribution in [0.5, 0.6) is 0 Å². The van der Waals surface area contributed by atoms with Crippen molar-refractivity contribution in [1.29, 1.82) is 0 Å². The quantitative estimate of drug-likeness (QED) is 0.239. The van der Waals surface area contributed by atoms with Gasteiger partial charge in [-0.3, -0.25) is 40.5 Å². The molecule has 2 aliphatic rings. The number of hydrogen-bond donors (Lipinski definition) is 0. The van der Waals surface area contributed by atoms with Crippen LogP contribution >= 0.6 is 34.9 Å². The Labute approximate surface area is 194 Å². The van der Waals surface area contributed by atoms with Gasteiger partial charge in [-0.25, -0.2) is 0 Å². The second-order valence-electron chi connectivity index (χ2n) is 6.77. The molecule has 0 saturated heterocycles. The van der Waals surface area contributed by atoms with Crippen LogP contribution in [-0.4, -0.2) is 19.7 Å². The molecule has 2 heterocycles. The second kappa shape index (κ2) is 7.36. The molecule has 0 amide bonds. The highest BCUT2D eigenvalue weighted by Crippen LogP contribution is 2.62. The molecular formula is C18H6N4O8S3. The van der Waals surface area contributed by atoms with Crippen molar-refractivity contribution < 1.29 is 19.7 Å². The summed E-state index contributed by atoms with van der Waals surface area (Å²) in [7, 11) is 0. The molecule has 1 aliphatic carbocycles. The van der Waals surface area contributed by atoms with E-state index in [2.05, 4.69) is 0 Å². The van der Waals surface area contributed by atoms with Gasteiger partial charge in [0, 0.05) is 49.4 Å². The highest BCUT2D eigenvalue weighted by Gasteiger charge is 2.42. The summed E-state index contributed by atoms with van der Waals surface area (Å²) in [5, 5.41) is 50.4. The van der Waals surface area contributed by atoms with Gasteiger partial charge in [-0.05, 0) is 0 Å². The number of hydrogen-bond acceptors (Lipinski definition) is 11. The standard InChI is InChI=1S/C18H6N4O8S3/c23-19(24)7-1-9-15(18-32-13-5-31-6-14(13)33-18)10-2-8(20(25)26)4-12(22(29)30)17(10)16(9)11(3-7)21(27)28/h1-6H. The largest absolute Gasteiger partial charge is 0.284 e. The van der Waals surface area contributed by atoms with Gasteiger partial charge in [0.1, 0.15) is 0 Å². The summed E-state index contributed by atoms with van der Waals surface area (Å²) in [6.07, 6.45) is 0. The lowest BCUT2D eigenvalue weighted by molar-refractivity contribution is -0.395. The van der Waals surface area contributed by atoms with Gasteiger partial charge in [0.05, 0.1) is 47.2 Å². The number of fused-ring (bicyclic) bond motifs is 4. The van der Waals surface area contributed by atoms with Gasteiger partial charge in [-0.1, -0.05) is 23.5 Å². The van der Waals surface area contributed by atoms with E-state index in [1.54, 1.807) is 0 Å². The van der Waals surface area contributed by atoms with E-state index in [1.807, 2.05) is 10.8 Å². The molecule has 33 heavy (non-hydrogen) atoms. The Morgan fingerprint density at radius 2 is 1.03 bits per heavy atom. The Hall–Kier alpha value is -3.82. The molecule has 2 aromatic carbocycles. The first-order valence-electron chi connectivity index (χ1n) is 8.78. The first kappa shape index (κ1) is 21.0. The number of benzene rings is 2. The number of non-ortho nitro benzene ring substituents is 2. The molecule has 0 N–H and O–H groups in total.